The molecule has 2 rings (SSSR count). The van der Waals surface area contributed by atoms with E-state index in [0.717, 1.165) is 4.82 Å². The van der Waals surface area contributed by atoms with Crippen molar-refractivity contribution in [3.8, 4) is 0 Å². The molecule has 1 heterocycles. The zero-order chi connectivity index (χ0) is 12.4. The molecule has 0 aromatic heterocycles. The molecule has 1 aliphatic heterocycles. The first kappa shape index (κ1) is 13.1. The van der Waals surface area contributed by atoms with Gasteiger partial charge in [0.25, 0.3) is 0 Å². The van der Waals surface area contributed by atoms with Gasteiger partial charge in [0, 0.05) is 0 Å². The van der Waals surface area contributed by atoms with E-state index in [1.54, 1.807) is 0 Å². The SMILES string of the molecule is CC(C)[C@H]1O[C@@H](C)C([Se]c2ccccc2)[C@@H]1C. The van der Waals surface area contributed by atoms with Crippen LogP contribution in [-0.2, 0) is 4.74 Å². The molecule has 0 radical (unpaired) electrons. The van der Waals surface area contributed by atoms with Crippen LogP contribution in [0.2, 0.25) is 4.82 Å². The van der Waals surface area contributed by atoms with Crippen molar-refractivity contribution in [1.29, 1.82) is 0 Å². The Morgan fingerprint density at radius 1 is 1.12 bits per heavy atom. The van der Waals surface area contributed by atoms with Gasteiger partial charge in [0.2, 0.25) is 0 Å². The second-order valence-corrected chi connectivity index (χ2v) is 7.93. The maximum absolute atomic E-state index is 6.14. The molecule has 4 atom stereocenters. The van der Waals surface area contributed by atoms with Crippen molar-refractivity contribution in [2.45, 2.75) is 44.7 Å². The van der Waals surface area contributed by atoms with Crippen molar-refractivity contribution in [1.82, 2.24) is 0 Å². The van der Waals surface area contributed by atoms with Gasteiger partial charge < -0.3 is 0 Å². The summed E-state index contributed by atoms with van der Waals surface area (Å²) >= 11 is 0.531. The van der Waals surface area contributed by atoms with Crippen LogP contribution < -0.4 is 4.46 Å². The standard InChI is InChI=1S/C15H22OSe/c1-10(2)14-11(3)15(12(4)16-14)17-13-8-6-5-7-9-13/h5-12,14-15H,1-4H3/t11-,12+,14-,15?/m1/s1. The molecule has 1 unspecified atom stereocenters. The molecule has 0 spiro atoms. The fourth-order valence-electron chi connectivity index (χ4n) is 2.69. The Labute approximate surface area is 111 Å². The summed E-state index contributed by atoms with van der Waals surface area (Å²) < 4.78 is 7.63. The predicted octanol–water partition coefficient (Wildman–Crippen LogP) is 2.88. The van der Waals surface area contributed by atoms with Crippen molar-refractivity contribution in [2.24, 2.45) is 11.8 Å². The van der Waals surface area contributed by atoms with Crippen LogP contribution in [0, 0.1) is 11.8 Å². The summed E-state index contributed by atoms with van der Waals surface area (Å²) in [7, 11) is 0. The van der Waals surface area contributed by atoms with Crippen LogP contribution in [0.4, 0.5) is 0 Å². The van der Waals surface area contributed by atoms with Crippen molar-refractivity contribution < 1.29 is 4.74 Å². The fraction of sp³-hybridized carbons (Fsp3) is 0.600. The van der Waals surface area contributed by atoms with E-state index in [0.29, 0.717) is 39.0 Å². The van der Waals surface area contributed by atoms with Crippen LogP contribution in [0.15, 0.2) is 30.3 Å². The molecule has 1 aromatic carbocycles. The summed E-state index contributed by atoms with van der Waals surface area (Å²) in [5.74, 6) is 1.31. The molecule has 0 saturated carbocycles. The number of benzene rings is 1. The molecule has 17 heavy (non-hydrogen) atoms. The predicted molar refractivity (Wildman–Crippen MR) is 73.9 cm³/mol. The van der Waals surface area contributed by atoms with Gasteiger partial charge in [-0.1, -0.05) is 0 Å². The summed E-state index contributed by atoms with van der Waals surface area (Å²) in [6, 6.07) is 10.9. The molecular weight excluding hydrogens is 275 g/mol. The first-order valence-electron chi connectivity index (χ1n) is 6.46. The Morgan fingerprint density at radius 2 is 1.76 bits per heavy atom. The molecule has 1 fully saturated rings. The first-order chi connectivity index (χ1) is 8.09. The molecule has 0 aliphatic carbocycles. The Balaban J connectivity index is 2.06. The van der Waals surface area contributed by atoms with E-state index < -0.39 is 0 Å². The van der Waals surface area contributed by atoms with E-state index in [9.17, 15) is 0 Å². The van der Waals surface area contributed by atoms with E-state index in [1.807, 2.05) is 0 Å². The molecule has 1 aliphatic rings. The van der Waals surface area contributed by atoms with Crippen LogP contribution in [0.1, 0.15) is 27.7 Å². The molecule has 2 heteroatoms. The van der Waals surface area contributed by atoms with Gasteiger partial charge in [-0.2, -0.15) is 0 Å². The van der Waals surface area contributed by atoms with Crippen molar-refractivity contribution in [2.75, 3.05) is 0 Å². The second-order valence-electron chi connectivity index (χ2n) is 5.30. The second kappa shape index (κ2) is 5.56. The normalized spacial score (nSPS) is 33.2. The molecule has 0 N–H and O–H groups in total. The Morgan fingerprint density at radius 3 is 2.29 bits per heavy atom. The minimum atomic E-state index is 0.414. The van der Waals surface area contributed by atoms with Crippen molar-refractivity contribution in [3.63, 3.8) is 0 Å². The van der Waals surface area contributed by atoms with Gasteiger partial charge in [-0.15, -0.1) is 0 Å². The molecule has 1 aromatic rings. The molecule has 94 valence electrons. The van der Waals surface area contributed by atoms with Crippen LogP contribution in [0.3, 0.4) is 0 Å². The minimum absolute atomic E-state index is 0.414. The van der Waals surface area contributed by atoms with Crippen LogP contribution >= 0.6 is 0 Å². The van der Waals surface area contributed by atoms with Gasteiger partial charge in [0.15, 0.2) is 0 Å². The monoisotopic (exact) mass is 298 g/mol. The van der Waals surface area contributed by atoms with Crippen LogP contribution in [-0.4, -0.2) is 27.2 Å². The van der Waals surface area contributed by atoms with E-state index in [2.05, 4.69) is 58.0 Å². The van der Waals surface area contributed by atoms with Gasteiger partial charge >= 0.3 is 111 Å². The average molecular weight is 297 g/mol. The van der Waals surface area contributed by atoms with Crippen molar-refractivity contribution >= 4 is 19.4 Å². The molecule has 1 saturated heterocycles. The maximum atomic E-state index is 6.14. The Kier molecular flexibility index (Phi) is 4.30. The zero-order valence-electron chi connectivity index (χ0n) is 11.1. The van der Waals surface area contributed by atoms with Gasteiger partial charge in [0.05, 0.1) is 0 Å². The third kappa shape index (κ3) is 2.93. The number of ether oxygens (including phenoxy) is 1. The zero-order valence-corrected chi connectivity index (χ0v) is 12.8. The quantitative estimate of drug-likeness (QED) is 0.780. The van der Waals surface area contributed by atoms with Gasteiger partial charge in [-0.25, -0.2) is 0 Å². The molecular formula is C15H22OSe. The van der Waals surface area contributed by atoms with Crippen molar-refractivity contribution in [3.05, 3.63) is 30.3 Å². The van der Waals surface area contributed by atoms with E-state index in [-0.39, 0.29) is 0 Å². The van der Waals surface area contributed by atoms with Gasteiger partial charge in [-0.05, 0) is 0 Å². The van der Waals surface area contributed by atoms with E-state index in [1.165, 1.54) is 4.46 Å². The summed E-state index contributed by atoms with van der Waals surface area (Å²) in [5, 5.41) is 0. The molecule has 0 amide bonds. The third-order valence-corrected chi connectivity index (χ3v) is 6.96. The average Bonchev–Trinajstić information content (AvgIpc) is 2.58. The molecule has 1 nitrogen and oxygen atoms in total. The number of hydrogen-bond donors (Lipinski definition) is 0. The fourth-order valence-corrected chi connectivity index (χ4v) is 5.32. The summed E-state index contributed by atoms with van der Waals surface area (Å²) in [4.78, 5) is 0.720. The van der Waals surface area contributed by atoms with Gasteiger partial charge in [0.1, 0.15) is 0 Å². The molecule has 0 bridgehead atoms. The first-order valence-corrected chi connectivity index (χ1v) is 8.31. The van der Waals surface area contributed by atoms with Crippen LogP contribution in [0.25, 0.3) is 0 Å². The topological polar surface area (TPSA) is 9.23 Å². The summed E-state index contributed by atoms with van der Waals surface area (Å²) in [5.41, 5.74) is 0. The Hall–Kier alpha value is -0.301. The third-order valence-electron chi connectivity index (χ3n) is 3.54. The van der Waals surface area contributed by atoms with Crippen LogP contribution in [0.5, 0.6) is 0 Å². The van der Waals surface area contributed by atoms with Gasteiger partial charge in [-0.3, -0.25) is 0 Å². The van der Waals surface area contributed by atoms with E-state index >= 15 is 0 Å². The number of hydrogen-bond acceptors (Lipinski definition) is 1. The Bertz CT molecular complexity index is 349. The number of rotatable bonds is 3. The van der Waals surface area contributed by atoms with E-state index in [4.69, 9.17) is 4.74 Å². The summed E-state index contributed by atoms with van der Waals surface area (Å²) in [6.45, 7) is 9.15. The summed E-state index contributed by atoms with van der Waals surface area (Å²) in [6.07, 6.45) is 0.859.